The topological polar surface area (TPSA) is 40.5 Å². The van der Waals surface area contributed by atoms with E-state index in [0.717, 1.165) is 5.69 Å². The smallest absolute Gasteiger partial charge is 0.331 e. The number of anilines is 1. The van der Waals surface area contributed by atoms with Crippen molar-refractivity contribution in [1.29, 1.82) is 0 Å². The van der Waals surface area contributed by atoms with E-state index in [9.17, 15) is 14.3 Å². The zero-order valence-corrected chi connectivity index (χ0v) is 11.2. The van der Waals surface area contributed by atoms with E-state index in [0.29, 0.717) is 6.54 Å². The molecule has 20 heavy (non-hydrogen) atoms. The molecule has 0 aliphatic heterocycles. The van der Waals surface area contributed by atoms with Gasteiger partial charge in [-0.2, -0.15) is 0 Å². The van der Waals surface area contributed by atoms with Crippen LogP contribution >= 0.6 is 0 Å². The first-order valence-electron chi connectivity index (χ1n) is 6.44. The van der Waals surface area contributed by atoms with Gasteiger partial charge in [0.15, 0.2) is 6.04 Å². The van der Waals surface area contributed by atoms with E-state index in [-0.39, 0.29) is 5.56 Å². The summed E-state index contributed by atoms with van der Waals surface area (Å²) in [5.41, 5.74) is 0.927. The Morgan fingerprint density at radius 1 is 1.15 bits per heavy atom. The van der Waals surface area contributed by atoms with Crippen LogP contribution in [0.4, 0.5) is 10.1 Å². The van der Waals surface area contributed by atoms with Crippen LogP contribution in [-0.4, -0.2) is 17.6 Å². The van der Waals surface area contributed by atoms with Gasteiger partial charge in [0.2, 0.25) is 0 Å². The molecule has 0 amide bonds. The number of rotatable bonds is 5. The van der Waals surface area contributed by atoms with Gasteiger partial charge >= 0.3 is 5.97 Å². The van der Waals surface area contributed by atoms with Gasteiger partial charge in [-0.3, -0.25) is 0 Å². The highest BCUT2D eigenvalue weighted by Crippen LogP contribution is 2.28. The minimum atomic E-state index is -1.07. The molecule has 0 saturated heterocycles. The standard InChI is InChI=1S/C16H16FNO2/c1-2-18(12-8-4-3-5-9-12)15(16(19)20)13-10-6-7-11-14(13)17/h3-11,15H,2H2,1H3,(H,19,20). The lowest BCUT2D eigenvalue weighted by Crippen LogP contribution is -2.34. The van der Waals surface area contributed by atoms with Crippen LogP contribution in [-0.2, 0) is 4.79 Å². The summed E-state index contributed by atoms with van der Waals surface area (Å²) in [6.07, 6.45) is 0. The molecule has 0 bridgehead atoms. The molecule has 1 unspecified atom stereocenters. The van der Waals surface area contributed by atoms with Crippen molar-refractivity contribution in [1.82, 2.24) is 0 Å². The number of carbonyl (C=O) groups is 1. The Hall–Kier alpha value is -2.36. The molecule has 104 valence electrons. The van der Waals surface area contributed by atoms with Gasteiger partial charge in [0.25, 0.3) is 0 Å². The number of carboxylic acid groups (broad SMARTS) is 1. The number of carboxylic acids is 1. The molecule has 0 aromatic heterocycles. The minimum Gasteiger partial charge on any atom is -0.479 e. The normalized spacial score (nSPS) is 11.9. The predicted molar refractivity (Wildman–Crippen MR) is 76.2 cm³/mol. The van der Waals surface area contributed by atoms with Crippen LogP contribution in [0, 0.1) is 5.82 Å². The molecular formula is C16H16FNO2. The van der Waals surface area contributed by atoms with Gasteiger partial charge in [-0.15, -0.1) is 0 Å². The lowest BCUT2D eigenvalue weighted by atomic mass is 10.0. The van der Waals surface area contributed by atoms with E-state index in [4.69, 9.17) is 0 Å². The molecule has 0 radical (unpaired) electrons. The maximum absolute atomic E-state index is 13.9. The number of hydrogen-bond donors (Lipinski definition) is 1. The Labute approximate surface area is 117 Å². The van der Waals surface area contributed by atoms with E-state index >= 15 is 0 Å². The third-order valence-electron chi connectivity index (χ3n) is 3.17. The number of halogens is 1. The van der Waals surface area contributed by atoms with Gasteiger partial charge in [-0.25, -0.2) is 9.18 Å². The van der Waals surface area contributed by atoms with Crippen molar-refractivity contribution in [3.05, 3.63) is 66.0 Å². The Bertz CT molecular complexity index is 586. The monoisotopic (exact) mass is 273 g/mol. The van der Waals surface area contributed by atoms with Gasteiger partial charge in [0.1, 0.15) is 5.82 Å². The molecule has 0 fully saturated rings. The molecule has 4 heteroatoms. The molecule has 2 aromatic carbocycles. The lowest BCUT2D eigenvalue weighted by molar-refractivity contribution is -0.138. The summed E-state index contributed by atoms with van der Waals surface area (Å²) >= 11 is 0. The molecule has 0 heterocycles. The quantitative estimate of drug-likeness (QED) is 0.906. The fourth-order valence-corrected chi connectivity index (χ4v) is 2.26. The Morgan fingerprint density at radius 3 is 2.30 bits per heavy atom. The number of likely N-dealkylation sites (N-methyl/N-ethyl adjacent to an activating group) is 1. The highest BCUT2D eigenvalue weighted by atomic mass is 19.1. The van der Waals surface area contributed by atoms with Crippen LogP contribution in [0.1, 0.15) is 18.5 Å². The second kappa shape index (κ2) is 6.19. The fourth-order valence-electron chi connectivity index (χ4n) is 2.26. The van der Waals surface area contributed by atoms with Gasteiger partial charge in [-0.1, -0.05) is 36.4 Å². The number of nitrogens with zero attached hydrogens (tertiary/aromatic N) is 1. The first kappa shape index (κ1) is 14.1. The number of hydrogen-bond acceptors (Lipinski definition) is 2. The number of para-hydroxylation sites is 1. The molecule has 0 spiro atoms. The molecule has 2 rings (SSSR count). The average Bonchev–Trinajstić information content (AvgIpc) is 2.46. The molecule has 1 atom stereocenters. The van der Waals surface area contributed by atoms with E-state index < -0.39 is 17.8 Å². The van der Waals surface area contributed by atoms with Crippen molar-refractivity contribution in [2.75, 3.05) is 11.4 Å². The van der Waals surface area contributed by atoms with Crippen molar-refractivity contribution in [3.63, 3.8) is 0 Å². The lowest BCUT2D eigenvalue weighted by Gasteiger charge is -2.30. The summed E-state index contributed by atoms with van der Waals surface area (Å²) in [6, 6.07) is 14.1. The predicted octanol–water partition coefficient (Wildman–Crippen LogP) is 3.48. The summed E-state index contributed by atoms with van der Waals surface area (Å²) in [5, 5.41) is 9.51. The first-order valence-corrected chi connectivity index (χ1v) is 6.44. The Balaban J connectivity index is 2.47. The van der Waals surface area contributed by atoms with Crippen molar-refractivity contribution in [3.8, 4) is 0 Å². The Morgan fingerprint density at radius 2 is 1.75 bits per heavy atom. The van der Waals surface area contributed by atoms with Crippen molar-refractivity contribution < 1.29 is 14.3 Å². The first-order chi connectivity index (χ1) is 9.65. The Kier molecular flexibility index (Phi) is 4.35. The van der Waals surface area contributed by atoms with Crippen LogP contribution in [0.25, 0.3) is 0 Å². The third-order valence-corrected chi connectivity index (χ3v) is 3.17. The molecule has 0 aliphatic rings. The SMILES string of the molecule is CCN(c1ccccc1)C(C(=O)O)c1ccccc1F. The maximum Gasteiger partial charge on any atom is 0.331 e. The minimum absolute atomic E-state index is 0.172. The van der Waals surface area contributed by atoms with Gasteiger partial charge in [-0.05, 0) is 25.1 Å². The van der Waals surface area contributed by atoms with Crippen LogP contribution in [0.15, 0.2) is 54.6 Å². The van der Waals surface area contributed by atoms with Crippen LogP contribution in [0.3, 0.4) is 0 Å². The molecular weight excluding hydrogens is 257 g/mol. The summed E-state index contributed by atoms with van der Waals surface area (Å²) in [6.45, 7) is 2.32. The summed E-state index contributed by atoms with van der Waals surface area (Å²) in [7, 11) is 0. The summed E-state index contributed by atoms with van der Waals surface area (Å²) in [4.78, 5) is 13.3. The van der Waals surface area contributed by atoms with Crippen molar-refractivity contribution >= 4 is 11.7 Å². The fraction of sp³-hybridized carbons (Fsp3) is 0.188. The average molecular weight is 273 g/mol. The van der Waals surface area contributed by atoms with Crippen LogP contribution in [0.2, 0.25) is 0 Å². The van der Waals surface area contributed by atoms with Crippen molar-refractivity contribution in [2.45, 2.75) is 13.0 Å². The second-order valence-corrected chi connectivity index (χ2v) is 4.38. The number of benzene rings is 2. The number of aliphatic carboxylic acids is 1. The van der Waals surface area contributed by atoms with E-state index in [2.05, 4.69) is 0 Å². The summed E-state index contributed by atoms with van der Waals surface area (Å²) < 4.78 is 13.9. The van der Waals surface area contributed by atoms with E-state index in [1.54, 1.807) is 17.0 Å². The zero-order valence-electron chi connectivity index (χ0n) is 11.2. The van der Waals surface area contributed by atoms with E-state index in [1.165, 1.54) is 12.1 Å². The maximum atomic E-state index is 13.9. The van der Waals surface area contributed by atoms with Crippen LogP contribution in [0.5, 0.6) is 0 Å². The largest absolute Gasteiger partial charge is 0.479 e. The van der Waals surface area contributed by atoms with Gasteiger partial charge in [0, 0.05) is 17.8 Å². The molecule has 0 aliphatic carbocycles. The van der Waals surface area contributed by atoms with Crippen LogP contribution < -0.4 is 4.90 Å². The third kappa shape index (κ3) is 2.79. The molecule has 0 saturated carbocycles. The molecule has 2 aromatic rings. The van der Waals surface area contributed by atoms with E-state index in [1.807, 2.05) is 37.3 Å². The van der Waals surface area contributed by atoms with Gasteiger partial charge in [0.05, 0.1) is 0 Å². The molecule has 3 nitrogen and oxygen atoms in total. The van der Waals surface area contributed by atoms with Crippen molar-refractivity contribution in [2.24, 2.45) is 0 Å². The highest BCUT2D eigenvalue weighted by molar-refractivity contribution is 5.80. The summed E-state index contributed by atoms with van der Waals surface area (Å²) in [5.74, 6) is -1.57. The second-order valence-electron chi connectivity index (χ2n) is 4.38. The molecule has 1 N–H and O–H groups in total. The van der Waals surface area contributed by atoms with Gasteiger partial charge < -0.3 is 10.0 Å². The highest BCUT2D eigenvalue weighted by Gasteiger charge is 2.28. The zero-order chi connectivity index (χ0) is 14.5.